The van der Waals surface area contributed by atoms with Crippen LogP contribution in [0.4, 0.5) is 0 Å². The van der Waals surface area contributed by atoms with E-state index in [0.717, 1.165) is 12.8 Å². The number of hydrogen-bond acceptors (Lipinski definition) is 3. The van der Waals surface area contributed by atoms with Gasteiger partial charge in [0.25, 0.3) is 0 Å². The lowest BCUT2D eigenvalue weighted by Gasteiger charge is -2.32. The Morgan fingerprint density at radius 1 is 1.47 bits per heavy atom. The van der Waals surface area contributed by atoms with E-state index in [1.54, 1.807) is 0 Å². The number of unbranched alkanes of at least 4 members (excludes halogenated alkanes) is 3. The smallest absolute Gasteiger partial charge is 0.222 e. The highest BCUT2D eigenvalue weighted by Gasteiger charge is 2.25. The number of nitrogens with zero attached hydrogens (tertiary/aromatic N) is 1. The molecule has 1 aliphatic rings. The van der Waals surface area contributed by atoms with Crippen molar-refractivity contribution in [1.29, 1.82) is 0 Å². The lowest BCUT2D eigenvalue weighted by molar-refractivity contribution is -0.136. The molecule has 0 bridgehead atoms. The zero-order valence-electron chi connectivity index (χ0n) is 10.5. The zero-order valence-corrected chi connectivity index (χ0v) is 11.3. The van der Waals surface area contributed by atoms with Crippen molar-refractivity contribution in [3.8, 4) is 0 Å². The zero-order chi connectivity index (χ0) is 12.7. The number of amides is 1. The number of nitrogens with two attached hydrogens (primary N) is 1. The number of hydrogen-bond donors (Lipinski definition) is 1. The second-order valence-corrected chi connectivity index (χ2v) is 4.88. The van der Waals surface area contributed by atoms with Crippen LogP contribution in [0.3, 0.4) is 0 Å². The van der Waals surface area contributed by atoms with Gasteiger partial charge < -0.3 is 15.4 Å². The van der Waals surface area contributed by atoms with Crippen molar-refractivity contribution >= 4 is 23.1 Å². The molecule has 17 heavy (non-hydrogen) atoms. The van der Waals surface area contributed by atoms with Crippen molar-refractivity contribution in [3.05, 3.63) is 0 Å². The molecule has 1 saturated heterocycles. The summed E-state index contributed by atoms with van der Waals surface area (Å²) in [7, 11) is 0. The minimum Gasteiger partial charge on any atom is -0.391 e. The van der Waals surface area contributed by atoms with E-state index in [-0.39, 0.29) is 12.0 Å². The van der Waals surface area contributed by atoms with E-state index in [1.807, 2.05) is 4.90 Å². The number of ether oxygens (including phenoxy) is 1. The van der Waals surface area contributed by atoms with Crippen molar-refractivity contribution in [3.63, 3.8) is 0 Å². The summed E-state index contributed by atoms with van der Waals surface area (Å²) in [5, 5.41) is 0. The topological polar surface area (TPSA) is 55.6 Å². The highest BCUT2D eigenvalue weighted by Crippen LogP contribution is 2.10. The minimum atomic E-state index is -0.265. The molecule has 0 radical (unpaired) electrons. The van der Waals surface area contributed by atoms with Crippen molar-refractivity contribution in [2.75, 3.05) is 19.7 Å². The highest BCUT2D eigenvalue weighted by atomic mass is 32.1. The standard InChI is InChI=1S/C12H22N2O2S/c1-2-3-4-5-6-11(15)14-7-8-16-10(9-14)12(13)17/h10H,2-9H2,1H3,(H2,13,17). The molecule has 1 fully saturated rings. The molecule has 1 heterocycles. The fourth-order valence-corrected chi connectivity index (χ4v) is 2.05. The summed E-state index contributed by atoms with van der Waals surface area (Å²) >= 11 is 4.89. The third kappa shape index (κ3) is 5.00. The Balaban J connectivity index is 2.28. The van der Waals surface area contributed by atoms with Gasteiger partial charge >= 0.3 is 0 Å². The van der Waals surface area contributed by atoms with Crippen molar-refractivity contribution < 1.29 is 9.53 Å². The molecule has 0 spiro atoms. The van der Waals surface area contributed by atoms with Crippen LogP contribution in [0, 0.1) is 0 Å². The number of morpholine rings is 1. The molecule has 0 aliphatic carbocycles. The Kier molecular flexibility index (Phi) is 6.44. The Hall–Kier alpha value is -0.680. The molecular formula is C12H22N2O2S. The van der Waals surface area contributed by atoms with Gasteiger partial charge in [-0.15, -0.1) is 0 Å². The molecule has 5 heteroatoms. The molecule has 1 rings (SSSR count). The maximum Gasteiger partial charge on any atom is 0.222 e. The van der Waals surface area contributed by atoms with E-state index >= 15 is 0 Å². The maximum atomic E-state index is 11.9. The molecule has 1 atom stereocenters. The van der Waals surface area contributed by atoms with Gasteiger partial charge in [-0.2, -0.15) is 0 Å². The number of thiocarbonyl (C=S) groups is 1. The van der Waals surface area contributed by atoms with Crippen LogP contribution >= 0.6 is 12.2 Å². The van der Waals surface area contributed by atoms with E-state index in [4.69, 9.17) is 22.7 Å². The average molecular weight is 258 g/mol. The first-order chi connectivity index (χ1) is 8.15. The summed E-state index contributed by atoms with van der Waals surface area (Å²) in [5.74, 6) is 0.200. The van der Waals surface area contributed by atoms with Crippen molar-refractivity contribution in [2.45, 2.75) is 45.1 Å². The molecule has 1 unspecified atom stereocenters. The fourth-order valence-electron chi connectivity index (χ4n) is 1.91. The Bertz CT molecular complexity index is 271. The van der Waals surface area contributed by atoms with Crippen LogP contribution < -0.4 is 5.73 Å². The fraction of sp³-hybridized carbons (Fsp3) is 0.833. The van der Waals surface area contributed by atoms with Crippen LogP contribution in [0.2, 0.25) is 0 Å². The van der Waals surface area contributed by atoms with Gasteiger partial charge in [0.15, 0.2) is 0 Å². The Labute approximate surface area is 108 Å². The lowest BCUT2D eigenvalue weighted by Crippen LogP contribution is -2.49. The molecule has 0 aromatic carbocycles. The van der Waals surface area contributed by atoms with Gasteiger partial charge in [0, 0.05) is 13.0 Å². The second-order valence-electron chi connectivity index (χ2n) is 4.41. The minimum absolute atomic E-state index is 0.200. The lowest BCUT2D eigenvalue weighted by atomic mass is 10.1. The number of carbonyl (C=O) groups excluding carboxylic acids is 1. The van der Waals surface area contributed by atoms with Gasteiger partial charge in [-0.1, -0.05) is 38.4 Å². The van der Waals surface area contributed by atoms with E-state index in [2.05, 4.69) is 6.92 Å². The molecule has 98 valence electrons. The predicted octanol–water partition coefficient (Wildman–Crippen LogP) is 1.47. The van der Waals surface area contributed by atoms with Gasteiger partial charge in [-0.25, -0.2) is 0 Å². The molecular weight excluding hydrogens is 236 g/mol. The largest absolute Gasteiger partial charge is 0.391 e. The predicted molar refractivity (Wildman–Crippen MR) is 71.9 cm³/mol. The number of rotatable bonds is 6. The van der Waals surface area contributed by atoms with Crippen LogP contribution in [0.25, 0.3) is 0 Å². The van der Waals surface area contributed by atoms with Crippen LogP contribution in [-0.4, -0.2) is 41.6 Å². The van der Waals surface area contributed by atoms with Crippen LogP contribution in [-0.2, 0) is 9.53 Å². The van der Waals surface area contributed by atoms with Crippen LogP contribution in [0.1, 0.15) is 39.0 Å². The maximum absolute atomic E-state index is 11.9. The van der Waals surface area contributed by atoms with Gasteiger partial charge in [-0.05, 0) is 6.42 Å². The number of carbonyl (C=O) groups is 1. The third-order valence-corrected chi connectivity index (χ3v) is 3.24. The Morgan fingerprint density at radius 3 is 2.88 bits per heavy atom. The highest BCUT2D eigenvalue weighted by molar-refractivity contribution is 7.80. The van der Waals surface area contributed by atoms with Crippen LogP contribution in [0.15, 0.2) is 0 Å². The summed E-state index contributed by atoms with van der Waals surface area (Å²) in [6, 6.07) is 0. The normalized spacial score (nSPS) is 20.3. The van der Waals surface area contributed by atoms with Gasteiger partial charge in [0.05, 0.1) is 13.2 Å². The van der Waals surface area contributed by atoms with Gasteiger partial charge in [0.1, 0.15) is 11.1 Å². The van der Waals surface area contributed by atoms with E-state index in [0.29, 0.717) is 31.1 Å². The second kappa shape index (κ2) is 7.61. The first-order valence-corrected chi connectivity index (χ1v) is 6.74. The summed E-state index contributed by atoms with van der Waals surface area (Å²) in [6.45, 7) is 3.87. The summed E-state index contributed by atoms with van der Waals surface area (Å²) in [4.78, 5) is 14.1. The van der Waals surface area contributed by atoms with E-state index in [1.165, 1.54) is 12.8 Å². The van der Waals surface area contributed by atoms with E-state index in [9.17, 15) is 4.79 Å². The summed E-state index contributed by atoms with van der Waals surface area (Å²) < 4.78 is 5.40. The quantitative estimate of drug-likeness (QED) is 0.579. The first-order valence-electron chi connectivity index (χ1n) is 6.33. The average Bonchev–Trinajstić information content (AvgIpc) is 2.34. The van der Waals surface area contributed by atoms with Crippen molar-refractivity contribution in [1.82, 2.24) is 4.90 Å². The van der Waals surface area contributed by atoms with Gasteiger partial charge in [0.2, 0.25) is 5.91 Å². The molecule has 0 aromatic rings. The molecule has 2 N–H and O–H groups in total. The summed E-state index contributed by atoms with van der Waals surface area (Å²) in [6.07, 6.45) is 4.86. The SMILES string of the molecule is CCCCCCC(=O)N1CCOC(C(N)=S)C1. The molecule has 0 saturated carbocycles. The van der Waals surface area contributed by atoms with E-state index < -0.39 is 0 Å². The third-order valence-electron chi connectivity index (χ3n) is 2.98. The monoisotopic (exact) mass is 258 g/mol. The summed E-state index contributed by atoms with van der Waals surface area (Å²) in [5.41, 5.74) is 5.54. The van der Waals surface area contributed by atoms with Gasteiger partial charge in [-0.3, -0.25) is 4.79 Å². The van der Waals surface area contributed by atoms with Crippen LogP contribution in [0.5, 0.6) is 0 Å². The Morgan fingerprint density at radius 2 is 2.24 bits per heavy atom. The van der Waals surface area contributed by atoms with Crippen molar-refractivity contribution in [2.24, 2.45) is 5.73 Å². The molecule has 1 aliphatic heterocycles. The molecule has 0 aromatic heterocycles. The molecule has 4 nitrogen and oxygen atoms in total. The molecule has 1 amide bonds. The first kappa shape index (κ1) is 14.4.